The van der Waals surface area contributed by atoms with Gasteiger partial charge >= 0.3 is 0 Å². The summed E-state index contributed by atoms with van der Waals surface area (Å²) in [4.78, 5) is 7.52. The monoisotopic (exact) mass is 206 g/mol. The van der Waals surface area contributed by atoms with Gasteiger partial charge in [-0.25, -0.2) is 4.98 Å². The zero-order valence-electron chi connectivity index (χ0n) is 8.66. The molecule has 0 aliphatic heterocycles. The Hall–Kier alpha value is -1.55. The Balaban J connectivity index is 2.16. The molecular formula is C11H14N2O2. The van der Waals surface area contributed by atoms with E-state index in [4.69, 9.17) is 4.74 Å². The largest absolute Gasteiger partial charge is 0.508 e. The predicted octanol–water partition coefficient (Wildman–Crippen LogP) is 1.85. The summed E-state index contributed by atoms with van der Waals surface area (Å²) in [6, 6.07) is 5.10. The molecule has 1 aromatic carbocycles. The molecule has 0 saturated heterocycles. The van der Waals surface area contributed by atoms with E-state index in [1.807, 2.05) is 6.92 Å². The number of nitrogens with one attached hydrogen (secondary N) is 1. The van der Waals surface area contributed by atoms with Crippen LogP contribution in [0.5, 0.6) is 5.75 Å². The summed E-state index contributed by atoms with van der Waals surface area (Å²) in [5, 5.41) is 9.28. The van der Waals surface area contributed by atoms with Crippen LogP contribution in [0, 0.1) is 0 Å². The lowest BCUT2D eigenvalue weighted by molar-refractivity contribution is 0.149. The highest BCUT2D eigenvalue weighted by molar-refractivity contribution is 5.76. The normalized spacial score (nSPS) is 11.0. The number of imidazole rings is 1. The summed E-state index contributed by atoms with van der Waals surface area (Å²) in [6.45, 7) is 3.36. The van der Waals surface area contributed by atoms with E-state index in [2.05, 4.69) is 9.97 Å². The number of benzene rings is 1. The van der Waals surface area contributed by atoms with Crippen LogP contribution in [0.4, 0.5) is 0 Å². The van der Waals surface area contributed by atoms with Gasteiger partial charge in [0, 0.05) is 19.1 Å². The lowest BCUT2D eigenvalue weighted by Crippen LogP contribution is -1.99. The van der Waals surface area contributed by atoms with Gasteiger partial charge in [-0.3, -0.25) is 0 Å². The third kappa shape index (κ3) is 2.27. The molecule has 2 N–H and O–H groups in total. The fourth-order valence-electron chi connectivity index (χ4n) is 1.48. The van der Waals surface area contributed by atoms with Crippen LogP contribution in [0.1, 0.15) is 12.7 Å². The molecule has 80 valence electrons. The van der Waals surface area contributed by atoms with Crippen molar-refractivity contribution >= 4 is 11.0 Å². The van der Waals surface area contributed by atoms with Gasteiger partial charge in [0.05, 0.1) is 17.6 Å². The molecule has 0 radical (unpaired) electrons. The molecule has 0 unspecified atom stereocenters. The van der Waals surface area contributed by atoms with Gasteiger partial charge < -0.3 is 14.8 Å². The Bertz CT molecular complexity index is 451. The highest BCUT2D eigenvalue weighted by Gasteiger charge is 2.02. The number of phenols is 1. The maximum atomic E-state index is 9.28. The summed E-state index contributed by atoms with van der Waals surface area (Å²) in [7, 11) is 0. The fourth-order valence-corrected chi connectivity index (χ4v) is 1.48. The van der Waals surface area contributed by atoms with Crippen LogP contribution in [0.3, 0.4) is 0 Å². The molecule has 1 heterocycles. The first kappa shape index (κ1) is 9.98. The second kappa shape index (κ2) is 4.31. The average Bonchev–Trinajstić information content (AvgIpc) is 2.60. The lowest BCUT2D eigenvalue weighted by Gasteiger charge is -1.96. The number of hydrogen-bond donors (Lipinski definition) is 2. The number of aromatic amines is 1. The molecule has 0 bridgehead atoms. The molecular weight excluding hydrogens is 192 g/mol. The first-order chi connectivity index (χ1) is 7.29. The predicted molar refractivity (Wildman–Crippen MR) is 58.0 cm³/mol. The SMILES string of the molecule is CCOCCc1nc2ccc(O)cc2[nH]1. The standard InChI is InChI=1S/C11H14N2O2/c1-2-15-6-5-11-12-9-4-3-8(14)7-10(9)13-11/h3-4,7,14H,2,5-6H2,1H3,(H,12,13). The third-order valence-corrected chi connectivity index (χ3v) is 2.20. The van der Waals surface area contributed by atoms with Gasteiger partial charge in [-0.1, -0.05) is 0 Å². The highest BCUT2D eigenvalue weighted by atomic mass is 16.5. The molecule has 2 aromatic rings. The van der Waals surface area contributed by atoms with E-state index >= 15 is 0 Å². The number of phenolic OH excluding ortho intramolecular Hbond substituents is 1. The van der Waals surface area contributed by atoms with Crippen molar-refractivity contribution in [2.24, 2.45) is 0 Å². The molecule has 15 heavy (non-hydrogen) atoms. The topological polar surface area (TPSA) is 58.1 Å². The molecule has 0 aliphatic carbocycles. The summed E-state index contributed by atoms with van der Waals surface area (Å²) >= 11 is 0. The van der Waals surface area contributed by atoms with Crippen molar-refractivity contribution in [1.82, 2.24) is 9.97 Å². The van der Waals surface area contributed by atoms with Gasteiger partial charge in [-0.05, 0) is 19.1 Å². The van der Waals surface area contributed by atoms with Gasteiger partial charge in [0.2, 0.25) is 0 Å². The third-order valence-electron chi connectivity index (χ3n) is 2.20. The molecule has 2 rings (SSSR count). The van der Waals surface area contributed by atoms with Crippen LogP contribution >= 0.6 is 0 Å². The number of hydrogen-bond acceptors (Lipinski definition) is 3. The zero-order chi connectivity index (χ0) is 10.7. The molecule has 1 aromatic heterocycles. The Morgan fingerprint density at radius 3 is 3.13 bits per heavy atom. The maximum Gasteiger partial charge on any atom is 0.117 e. The minimum atomic E-state index is 0.252. The molecule has 0 spiro atoms. The lowest BCUT2D eigenvalue weighted by atomic mass is 10.3. The van der Waals surface area contributed by atoms with Crippen molar-refractivity contribution in [3.63, 3.8) is 0 Å². The Morgan fingerprint density at radius 2 is 2.33 bits per heavy atom. The van der Waals surface area contributed by atoms with Crippen LogP contribution in [-0.2, 0) is 11.2 Å². The molecule has 4 nitrogen and oxygen atoms in total. The molecule has 0 amide bonds. The maximum absolute atomic E-state index is 9.28. The average molecular weight is 206 g/mol. The van der Waals surface area contributed by atoms with Gasteiger partial charge in [-0.15, -0.1) is 0 Å². The number of aromatic nitrogens is 2. The van der Waals surface area contributed by atoms with Crippen LogP contribution < -0.4 is 0 Å². The van der Waals surface area contributed by atoms with Crippen molar-refractivity contribution in [3.8, 4) is 5.75 Å². The second-order valence-corrected chi connectivity index (χ2v) is 3.33. The molecule has 0 fully saturated rings. The van der Waals surface area contributed by atoms with Crippen molar-refractivity contribution < 1.29 is 9.84 Å². The summed E-state index contributed by atoms with van der Waals surface area (Å²) in [6.07, 6.45) is 0.767. The number of rotatable bonds is 4. The van der Waals surface area contributed by atoms with E-state index in [9.17, 15) is 5.11 Å². The molecule has 0 aliphatic rings. The molecule has 0 saturated carbocycles. The van der Waals surface area contributed by atoms with E-state index in [0.29, 0.717) is 6.61 Å². The van der Waals surface area contributed by atoms with Crippen LogP contribution in [0.2, 0.25) is 0 Å². The number of fused-ring (bicyclic) bond motifs is 1. The van der Waals surface area contributed by atoms with Gasteiger partial charge in [0.15, 0.2) is 0 Å². The number of nitrogens with zero attached hydrogens (tertiary/aromatic N) is 1. The van der Waals surface area contributed by atoms with E-state index < -0.39 is 0 Å². The second-order valence-electron chi connectivity index (χ2n) is 3.33. The highest BCUT2D eigenvalue weighted by Crippen LogP contribution is 2.17. The van der Waals surface area contributed by atoms with Crippen molar-refractivity contribution in [2.45, 2.75) is 13.3 Å². The van der Waals surface area contributed by atoms with Gasteiger partial charge in [-0.2, -0.15) is 0 Å². The van der Waals surface area contributed by atoms with E-state index in [0.717, 1.165) is 29.9 Å². The minimum Gasteiger partial charge on any atom is -0.508 e. The molecule has 4 heteroatoms. The number of H-pyrrole nitrogens is 1. The smallest absolute Gasteiger partial charge is 0.117 e. The van der Waals surface area contributed by atoms with Crippen molar-refractivity contribution in [2.75, 3.05) is 13.2 Å². The van der Waals surface area contributed by atoms with Gasteiger partial charge in [0.1, 0.15) is 11.6 Å². The summed E-state index contributed by atoms with van der Waals surface area (Å²) in [5.74, 6) is 1.14. The quantitative estimate of drug-likeness (QED) is 0.750. The Labute approximate surface area is 87.9 Å². The Kier molecular flexibility index (Phi) is 2.87. The number of aromatic hydroxyl groups is 1. The summed E-state index contributed by atoms with van der Waals surface area (Å²) < 4.78 is 5.25. The van der Waals surface area contributed by atoms with Crippen molar-refractivity contribution in [3.05, 3.63) is 24.0 Å². The first-order valence-corrected chi connectivity index (χ1v) is 5.05. The minimum absolute atomic E-state index is 0.252. The van der Waals surface area contributed by atoms with E-state index in [-0.39, 0.29) is 5.75 Å². The van der Waals surface area contributed by atoms with Crippen LogP contribution in [0.15, 0.2) is 18.2 Å². The van der Waals surface area contributed by atoms with Crippen LogP contribution in [-0.4, -0.2) is 28.3 Å². The fraction of sp³-hybridized carbons (Fsp3) is 0.364. The van der Waals surface area contributed by atoms with Gasteiger partial charge in [0.25, 0.3) is 0 Å². The number of ether oxygens (including phenoxy) is 1. The first-order valence-electron chi connectivity index (χ1n) is 5.05. The van der Waals surface area contributed by atoms with Crippen LogP contribution in [0.25, 0.3) is 11.0 Å². The Morgan fingerprint density at radius 1 is 1.47 bits per heavy atom. The van der Waals surface area contributed by atoms with E-state index in [1.54, 1.807) is 18.2 Å². The summed E-state index contributed by atoms with van der Waals surface area (Å²) in [5.41, 5.74) is 1.74. The van der Waals surface area contributed by atoms with Crippen molar-refractivity contribution in [1.29, 1.82) is 0 Å². The zero-order valence-corrected chi connectivity index (χ0v) is 8.66. The van der Waals surface area contributed by atoms with E-state index in [1.165, 1.54) is 0 Å². The molecule has 0 atom stereocenters.